The smallest absolute Gasteiger partial charge is 0.336 e. The highest BCUT2D eigenvalue weighted by molar-refractivity contribution is 6.03. The third-order valence-electron chi connectivity index (χ3n) is 3.26. The third-order valence-corrected chi connectivity index (χ3v) is 3.26. The molecule has 0 aliphatic heterocycles. The number of pyridine rings is 1. The van der Waals surface area contributed by atoms with Crippen molar-refractivity contribution in [3.63, 3.8) is 0 Å². The zero-order valence-electron chi connectivity index (χ0n) is 10.0. The Balaban J connectivity index is 2.26. The molecular formula is C14H13NO3. The number of fused-ring (bicyclic) bond motifs is 1. The molecule has 1 N–H and O–H groups in total. The highest BCUT2D eigenvalue weighted by Gasteiger charge is 2.26. The van der Waals surface area contributed by atoms with E-state index in [0.29, 0.717) is 22.6 Å². The van der Waals surface area contributed by atoms with Gasteiger partial charge in [0.2, 0.25) is 0 Å². The maximum absolute atomic E-state index is 11.3. The van der Waals surface area contributed by atoms with Crippen LogP contribution in [0.15, 0.2) is 24.3 Å². The van der Waals surface area contributed by atoms with Crippen LogP contribution in [0, 0.1) is 0 Å². The standard InChI is InChI=1S/C14H13NO3/c1-18-9-4-5-12-10(6-9)11(14(16)17)7-13(15-12)8-2-3-8/h4-8H,2-3H2,1H3,(H,16,17). The Morgan fingerprint density at radius 2 is 2.17 bits per heavy atom. The van der Waals surface area contributed by atoms with Crippen molar-refractivity contribution in [3.8, 4) is 5.75 Å². The van der Waals surface area contributed by atoms with Crippen LogP contribution in [-0.2, 0) is 0 Å². The van der Waals surface area contributed by atoms with Crippen LogP contribution in [0.25, 0.3) is 10.9 Å². The van der Waals surface area contributed by atoms with Crippen LogP contribution < -0.4 is 4.74 Å². The molecule has 1 aliphatic carbocycles. The Morgan fingerprint density at radius 3 is 2.78 bits per heavy atom. The van der Waals surface area contributed by atoms with Crippen molar-refractivity contribution in [1.29, 1.82) is 0 Å². The first-order valence-electron chi connectivity index (χ1n) is 5.91. The third kappa shape index (κ3) is 1.79. The average molecular weight is 243 g/mol. The topological polar surface area (TPSA) is 59.4 Å². The van der Waals surface area contributed by atoms with Crippen molar-refractivity contribution in [2.75, 3.05) is 7.11 Å². The minimum atomic E-state index is -0.919. The van der Waals surface area contributed by atoms with E-state index in [-0.39, 0.29) is 0 Å². The first-order valence-corrected chi connectivity index (χ1v) is 5.91. The Labute approximate surface area is 104 Å². The van der Waals surface area contributed by atoms with Gasteiger partial charge in [-0.25, -0.2) is 4.79 Å². The summed E-state index contributed by atoms with van der Waals surface area (Å²) in [5.41, 5.74) is 1.92. The number of carboxylic acids is 1. The highest BCUT2D eigenvalue weighted by Crippen LogP contribution is 2.40. The molecule has 0 unspecified atom stereocenters. The molecule has 92 valence electrons. The molecule has 0 saturated heterocycles. The van der Waals surface area contributed by atoms with Gasteiger partial charge in [-0.3, -0.25) is 4.98 Å². The summed E-state index contributed by atoms with van der Waals surface area (Å²) < 4.78 is 5.13. The molecule has 0 radical (unpaired) electrons. The number of carbonyl (C=O) groups is 1. The van der Waals surface area contributed by atoms with E-state index in [1.807, 2.05) is 6.07 Å². The van der Waals surface area contributed by atoms with Crippen LogP contribution in [0.5, 0.6) is 5.75 Å². The maximum Gasteiger partial charge on any atom is 0.336 e. The van der Waals surface area contributed by atoms with Crippen molar-refractivity contribution >= 4 is 16.9 Å². The fraction of sp³-hybridized carbons (Fsp3) is 0.286. The second kappa shape index (κ2) is 3.98. The summed E-state index contributed by atoms with van der Waals surface area (Å²) >= 11 is 0. The van der Waals surface area contributed by atoms with Gasteiger partial charge in [-0.05, 0) is 37.1 Å². The van der Waals surface area contributed by atoms with Crippen LogP contribution in [0.2, 0.25) is 0 Å². The number of hydrogen-bond donors (Lipinski definition) is 1. The van der Waals surface area contributed by atoms with Crippen LogP contribution in [-0.4, -0.2) is 23.2 Å². The predicted molar refractivity (Wildman–Crippen MR) is 67.2 cm³/mol. The lowest BCUT2D eigenvalue weighted by Gasteiger charge is -2.07. The predicted octanol–water partition coefficient (Wildman–Crippen LogP) is 2.82. The lowest BCUT2D eigenvalue weighted by atomic mass is 10.1. The van der Waals surface area contributed by atoms with Crippen molar-refractivity contribution in [3.05, 3.63) is 35.5 Å². The number of carboxylic acid groups (broad SMARTS) is 1. The molecule has 1 fully saturated rings. The average Bonchev–Trinajstić information content (AvgIpc) is 3.20. The summed E-state index contributed by atoms with van der Waals surface area (Å²) in [4.78, 5) is 15.9. The zero-order valence-corrected chi connectivity index (χ0v) is 10.0. The number of aromatic nitrogens is 1. The molecule has 4 nitrogen and oxygen atoms in total. The Morgan fingerprint density at radius 1 is 1.39 bits per heavy atom. The molecule has 4 heteroatoms. The molecule has 1 aromatic carbocycles. The van der Waals surface area contributed by atoms with Gasteiger partial charge in [-0.1, -0.05) is 0 Å². The minimum Gasteiger partial charge on any atom is -0.497 e. The van der Waals surface area contributed by atoms with E-state index in [1.165, 1.54) is 0 Å². The van der Waals surface area contributed by atoms with Gasteiger partial charge in [-0.2, -0.15) is 0 Å². The number of nitrogens with zero attached hydrogens (tertiary/aromatic N) is 1. The van der Waals surface area contributed by atoms with Gasteiger partial charge < -0.3 is 9.84 Å². The molecular weight excluding hydrogens is 230 g/mol. The molecule has 18 heavy (non-hydrogen) atoms. The van der Waals surface area contributed by atoms with Crippen molar-refractivity contribution in [2.24, 2.45) is 0 Å². The molecule has 1 aliphatic rings. The van der Waals surface area contributed by atoms with Crippen LogP contribution in [0.3, 0.4) is 0 Å². The maximum atomic E-state index is 11.3. The first-order chi connectivity index (χ1) is 8.69. The van der Waals surface area contributed by atoms with E-state index in [2.05, 4.69) is 4.98 Å². The second-order valence-corrected chi connectivity index (χ2v) is 4.56. The molecule has 1 aromatic heterocycles. The molecule has 3 rings (SSSR count). The summed E-state index contributed by atoms with van der Waals surface area (Å²) in [6, 6.07) is 7.04. The van der Waals surface area contributed by atoms with E-state index in [0.717, 1.165) is 24.1 Å². The fourth-order valence-corrected chi connectivity index (χ4v) is 2.12. The van der Waals surface area contributed by atoms with Gasteiger partial charge in [0.1, 0.15) is 5.75 Å². The lowest BCUT2D eigenvalue weighted by molar-refractivity contribution is 0.0699. The molecule has 0 amide bonds. The van der Waals surface area contributed by atoms with Crippen LogP contribution in [0.4, 0.5) is 0 Å². The number of methoxy groups -OCH3 is 1. The monoisotopic (exact) mass is 243 g/mol. The van der Waals surface area contributed by atoms with Crippen molar-refractivity contribution in [2.45, 2.75) is 18.8 Å². The molecule has 0 atom stereocenters. The summed E-state index contributed by atoms with van der Waals surface area (Å²) in [5, 5.41) is 9.94. The molecule has 2 aromatic rings. The van der Waals surface area contributed by atoms with Gasteiger partial charge >= 0.3 is 5.97 Å². The molecule has 1 saturated carbocycles. The second-order valence-electron chi connectivity index (χ2n) is 4.56. The van der Waals surface area contributed by atoms with Gasteiger partial charge in [0.15, 0.2) is 0 Å². The molecule has 0 spiro atoms. The summed E-state index contributed by atoms with van der Waals surface area (Å²) in [7, 11) is 1.56. The Bertz CT molecular complexity index is 632. The summed E-state index contributed by atoms with van der Waals surface area (Å²) in [5.74, 6) is 0.165. The fourth-order valence-electron chi connectivity index (χ4n) is 2.12. The highest BCUT2D eigenvalue weighted by atomic mass is 16.5. The lowest BCUT2D eigenvalue weighted by Crippen LogP contribution is -2.01. The van der Waals surface area contributed by atoms with E-state index < -0.39 is 5.97 Å². The molecule has 1 heterocycles. The van der Waals surface area contributed by atoms with Gasteiger partial charge in [0.25, 0.3) is 0 Å². The van der Waals surface area contributed by atoms with Crippen molar-refractivity contribution in [1.82, 2.24) is 4.98 Å². The first kappa shape index (κ1) is 11.0. The van der Waals surface area contributed by atoms with Gasteiger partial charge in [-0.15, -0.1) is 0 Å². The summed E-state index contributed by atoms with van der Waals surface area (Å²) in [6.07, 6.45) is 2.21. The largest absolute Gasteiger partial charge is 0.497 e. The van der Waals surface area contributed by atoms with Crippen molar-refractivity contribution < 1.29 is 14.6 Å². The van der Waals surface area contributed by atoms with E-state index >= 15 is 0 Å². The number of rotatable bonds is 3. The number of hydrogen-bond acceptors (Lipinski definition) is 3. The number of aromatic carboxylic acids is 1. The molecule has 0 bridgehead atoms. The van der Waals surface area contributed by atoms with E-state index in [1.54, 1.807) is 25.3 Å². The van der Waals surface area contributed by atoms with E-state index in [4.69, 9.17) is 4.74 Å². The summed E-state index contributed by atoms with van der Waals surface area (Å²) in [6.45, 7) is 0. The quantitative estimate of drug-likeness (QED) is 0.900. The number of benzene rings is 1. The van der Waals surface area contributed by atoms with Gasteiger partial charge in [0, 0.05) is 17.0 Å². The van der Waals surface area contributed by atoms with E-state index in [9.17, 15) is 9.90 Å². The minimum absolute atomic E-state index is 0.306. The zero-order chi connectivity index (χ0) is 12.7. The van der Waals surface area contributed by atoms with Crippen LogP contribution in [0.1, 0.15) is 34.8 Å². The van der Waals surface area contributed by atoms with Gasteiger partial charge in [0.05, 0.1) is 18.2 Å². The van der Waals surface area contributed by atoms with Crippen LogP contribution >= 0.6 is 0 Å². The number of ether oxygens (including phenoxy) is 1. The normalized spacial score (nSPS) is 14.7. The Hall–Kier alpha value is -2.10. The Kier molecular flexibility index (Phi) is 2.44. The SMILES string of the molecule is COc1ccc2nc(C3CC3)cc(C(=O)O)c2c1.